The lowest BCUT2D eigenvalue weighted by Gasteiger charge is -2.35. The summed E-state index contributed by atoms with van der Waals surface area (Å²) >= 11 is 0. The maximum Gasteiger partial charge on any atom is 0.339 e. The Morgan fingerprint density at radius 3 is 2.41 bits per heavy atom. The first-order valence-corrected chi connectivity index (χ1v) is 8.05. The SMILES string of the molecule is COc1ccc(-c2ccc(C(=O)O)c(N3C[C@@H](N)C[C@@H](O)C3)n2)cc1.Cl.Cl. The molecule has 0 aliphatic carbocycles. The molecule has 1 aromatic heterocycles. The van der Waals surface area contributed by atoms with Gasteiger partial charge in [0.2, 0.25) is 0 Å². The number of ether oxygens (including phenoxy) is 1. The lowest BCUT2D eigenvalue weighted by molar-refractivity contribution is 0.0696. The van der Waals surface area contributed by atoms with Crippen molar-refractivity contribution in [2.24, 2.45) is 5.73 Å². The molecule has 0 unspecified atom stereocenters. The molecule has 7 nitrogen and oxygen atoms in total. The molecule has 1 saturated heterocycles. The Kier molecular flexibility index (Phi) is 8.30. The molecule has 0 amide bonds. The number of halogens is 2. The number of hydrogen-bond acceptors (Lipinski definition) is 6. The van der Waals surface area contributed by atoms with Gasteiger partial charge in [-0.15, -0.1) is 24.8 Å². The first-order chi connectivity index (χ1) is 12.0. The smallest absolute Gasteiger partial charge is 0.339 e. The van der Waals surface area contributed by atoms with Crippen LogP contribution in [0.25, 0.3) is 11.3 Å². The molecule has 2 atom stereocenters. The van der Waals surface area contributed by atoms with E-state index in [2.05, 4.69) is 4.98 Å². The molecule has 1 aromatic carbocycles. The summed E-state index contributed by atoms with van der Waals surface area (Å²) in [6.45, 7) is 0.767. The average molecular weight is 416 g/mol. The number of aromatic carboxylic acids is 1. The third-order valence-electron chi connectivity index (χ3n) is 4.25. The number of nitrogens with zero attached hydrogens (tertiary/aromatic N) is 2. The Bertz CT molecular complexity index is 764. The van der Waals surface area contributed by atoms with Gasteiger partial charge in [0.15, 0.2) is 0 Å². The zero-order valence-corrected chi connectivity index (χ0v) is 16.4. The van der Waals surface area contributed by atoms with Crippen LogP contribution in [-0.2, 0) is 0 Å². The maximum atomic E-state index is 11.6. The summed E-state index contributed by atoms with van der Waals surface area (Å²) in [4.78, 5) is 17.9. The van der Waals surface area contributed by atoms with E-state index in [0.29, 0.717) is 31.0 Å². The van der Waals surface area contributed by atoms with Crippen molar-refractivity contribution in [3.8, 4) is 17.0 Å². The van der Waals surface area contributed by atoms with Crippen LogP contribution < -0.4 is 15.4 Å². The fraction of sp³-hybridized carbons (Fsp3) is 0.333. The molecule has 0 saturated carbocycles. The fourth-order valence-electron chi connectivity index (χ4n) is 3.06. The van der Waals surface area contributed by atoms with E-state index in [1.54, 1.807) is 18.1 Å². The number of carboxylic acid groups (broad SMARTS) is 1. The van der Waals surface area contributed by atoms with E-state index in [-0.39, 0.29) is 36.4 Å². The number of anilines is 1. The van der Waals surface area contributed by atoms with Crippen molar-refractivity contribution in [2.45, 2.75) is 18.6 Å². The van der Waals surface area contributed by atoms with Gasteiger partial charge in [0.05, 0.1) is 18.9 Å². The largest absolute Gasteiger partial charge is 0.497 e. The summed E-state index contributed by atoms with van der Waals surface area (Å²) in [5.41, 5.74) is 7.56. The average Bonchev–Trinajstić information content (AvgIpc) is 2.60. The minimum Gasteiger partial charge on any atom is -0.497 e. The number of aliphatic hydroxyl groups is 1. The monoisotopic (exact) mass is 415 g/mol. The molecule has 148 valence electrons. The molecule has 4 N–H and O–H groups in total. The van der Waals surface area contributed by atoms with Gasteiger partial charge in [-0.05, 0) is 42.8 Å². The predicted octanol–water partition coefficient (Wildman–Crippen LogP) is 2.20. The topological polar surface area (TPSA) is 109 Å². The van der Waals surface area contributed by atoms with Crippen LogP contribution in [0.3, 0.4) is 0 Å². The molecule has 1 fully saturated rings. The number of piperidine rings is 1. The van der Waals surface area contributed by atoms with Crippen LogP contribution in [0.15, 0.2) is 36.4 Å². The van der Waals surface area contributed by atoms with Gasteiger partial charge in [-0.25, -0.2) is 9.78 Å². The molecule has 0 bridgehead atoms. The van der Waals surface area contributed by atoms with E-state index in [1.165, 1.54) is 6.07 Å². The highest BCUT2D eigenvalue weighted by Crippen LogP contribution is 2.27. The third kappa shape index (κ3) is 5.23. The lowest BCUT2D eigenvalue weighted by atomic mass is 10.0. The molecule has 0 radical (unpaired) electrons. The van der Waals surface area contributed by atoms with Gasteiger partial charge in [0, 0.05) is 24.7 Å². The van der Waals surface area contributed by atoms with E-state index in [1.807, 2.05) is 24.3 Å². The van der Waals surface area contributed by atoms with Crippen LogP contribution in [0.4, 0.5) is 5.82 Å². The van der Waals surface area contributed by atoms with Gasteiger partial charge in [0.1, 0.15) is 17.1 Å². The second-order valence-corrected chi connectivity index (χ2v) is 6.16. The maximum absolute atomic E-state index is 11.6. The van der Waals surface area contributed by atoms with Crippen LogP contribution in [0, 0.1) is 0 Å². The molecule has 2 aromatic rings. The summed E-state index contributed by atoms with van der Waals surface area (Å²) in [6.07, 6.45) is -0.103. The molecule has 27 heavy (non-hydrogen) atoms. The Hall–Kier alpha value is -2.06. The van der Waals surface area contributed by atoms with Gasteiger partial charge >= 0.3 is 5.97 Å². The molecule has 2 heterocycles. The third-order valence-corrected chi connectivity index (χ3v) is 4.25. The van der Waals surface area contributed by atoms with Gasteiger partial charge < -0.3 is 25.6 Å². The number of hydrogen-bond donors (Lipinski definition) is 3. The van der Waals surface area contributed by atoms with Gasteiger partial charge in [0.25, 0.3) is 0 Å². The Morgan fingerprint density at radius 2 is 1.85 bits per heavy atom. The summed E-state index contributed by atoms with van der Waals surface area (Å²) in [5, 5.41) is 19.5. The summed E-state index contributed by atoms with van der Waals surface area (Å²) < 4.78 is 5.15. The molecule has 1 aliphatic heterocycles. The Balaban J connectivity index is 0.00000182. The van der Waals surface area contributed by atoms with Crippen molar-refractivity contribution in [3.05, 3.63) is 42.0 Å². The van der Waals surface area contributed by atoms with Crippen LogP contribution in [0.2, 0.25) is 0 Å². The van der Waals surface area contributed by atoms with E-state index < -0.39 is 12.1 Å². The molecular weight excluding hydrogens is 393 g/mol. The minimum atomic E-state index is -1.06. The second kappa shape index (κ2) is 9.75. The van der Waals surface area contributed by atoms with Crippen LogP contribution in [-0.4, -0.2) is 53.5 Å². The Morgan fingerprint density at radius 1 is 1.19 bits per heavy atom. The van der Waals surface area contributed by atoms with Crippen LogP contribution in [0.1, 0.15) is 16.8 Å². The number of carbonyl (C=O) groups is 1. The second-order valence-electron chi connectivity index (χ2n) is 6.16. The zero-order chi connectivity index (χ0) is 18.0. The minimum absolute atomic E-state index is 0. The number of rotatable bonds is 4. The number of aromatic nitrogens is 1. The fourth-order valence-corrected chi connectivity index (χ4v) is 3.06. The number of β-amino-alcohol motifs (C(OH)–C–C–N with tert-alkyl or cyclic N) is 1. The van der Waals surface area contributed by atoms with Gasteiger partial charge in [-0.2, -0.15) is 0 Å². The van der Waals surface area contributed by atoms with Crippen molar-refractivity contribution in [2.75, 3.05) is 25.1 Å². The number of benzene rings is 1. The first-order valence-electron chi connectivity index (χ1n) is 8.05. The number of nitrogens with two attached hydrogens (primary N) is 1. The van der Waals surface area contributed by atoms with Crippen molar-refractivity contribution >= 4 is 36.6 Å². The molecule has 9 heteroatoms. The van der Waals surface area contributed by atoms with Crippen molar-refractivity contribution < 1.29 is 19.7 Å². The van der Waals surface area contributed by atoms with E-state index in [0.717, 1.165) is 11.3 Å². The highest BCUT2D eigenvalue weighted by Gasteiger charge is 2.27. The lowest BCUT2D eigenvalue weighted by Crippen LogP contribution is -2.50. The number of aliphatic hydroxyl groups excluding tert-OH is 1. The number of carboxylic acids is 1. The molecular formula is C18H23Cl2N3O4. The summed E-state index contributed by atoms with van der Waals surface area (Å²) in [5.74, 6) is 0.00342. The number of pyridine rings is 1. The summed E-state index contributed by atoms with van der Waals surface area (Å²) in [7, 11) is 1.60. The molecule has 3 rings (SSSR count). The zero-order valence-electron chi connectivity index (χ0n) is 14.7. The van der Waals surface area contributed by atoms with Crippen LogP contribution in [0.5, 0.6) is 5.75 Å². The van der Waals surface area contributed by atoms with Gasteiger partial charge in [-0.3, -0.25) is 0 Å². The predicted molar refractivity (Wildman–Crippen MR) is 108 cm³/mol. The van der Waals surface area contributed by atoms with E-state index in [9.17, 15) is 15.0 Å². The van der Waals surface area contributed by atoms with Crippen molar-refractivity contribution in [1.82, 2.24) is 4.98 Å². The van der Waals surface area contributed by atoms with Crippen LogP contribution >= 0.6 is 24.8 Å². The van der Waals surface area contributed by atoms with E-state index >= 15 is 0 Å². The number of methoxy groups -OCH3 is 1. The van der Waals surface area contributed by atoms with Gasteiger partial charge in [-0.1, -0.05) is 0 Å². The summed E-state index contributed by atoms with van der Waals surface area (Å²) in [6, 6.07) is 10.4. The quantitative estimate of drug-likeness (QED) is 0.701. The first kappa shape index (κ1) is 23.0. The highest BCUT2D eigenvalue weighted by molar-refractivity contribution is 5.94. The molecule has 1 aliphatic rings. The van der Waals surface area contributed by atoms with Crippen molar-refractivity contribution in [1.29, 1.82) is 0 Å². The standard InChI is InChI=1S/C18H21N3O4.2ClH/c1-25-14-4-2-11(3-5-14)16-7-6-15(18(23)24)17(20-16)21-9-12(19)8-13(22)10-21;;/h2-7,12-13,22H,8-10,19H2,1H3,(H,23,24);2*1H/t12-,13+;;/m0../s1. The molecule has 0 spiro atoms. The Labute approximate surface area is 170 Å². The highest BCUT2D eigenvalue weighted by atomic mass is 35.5. The van der Waals surface area contributed by atoms with Crippen molar-refractivity contribution in [3.63, 3.8) is 0 Å². The van der Waals surface area contributed by atoms with E-state index in [4.69, 9.17) is 10.5 Å². The normalized spacial score (nSPS) is 18.9.